The van der Waals surface area contributed by atoms with Gasteiger partial charge in [-0.15, -0.1) is 5.10 Å². The molecule has 1 N–H and O–H groups in total. The zero-order valence-electron chi connectivity index (χ0n) is 12.4. The predicted octanol–water partition coefficient (Wildman–Crippen LogP) is 1.96. The number of carbonyl (C=O) groups is 1. The van der Waals surface area contributed by atoms with Gasteiger partial charge in [0.1, 0.15) is 5.69 Å². The molecule has 0 radical (unpaired) electrons. The Kier molecular flexibility index (Phi) is 3.61. The molecule has 0 aliphatic rings. The SMILES string of the molecule is CCC(C)n1nnc(C(=O)O)c1-c1c(C)nn(C)c1C. The number of hydrogen-bond donors (Lipinski definition) is 1. The number of rotatable bonds is 4. The third kappa shape index (κ3) is 2.09. The van der Waals surface area contributed by atoms with E-state index in [4.69, 9.17) is 0 Å². The number of aryl methyl sites for hydroxylation is 2. The van der Waals surface area contributed by atoms with Crippen LogP contribution >= 0.6 is 0 Å². The van der Waals surface area contributed by atoms with Crippen LogP contribution in [-0.4, -0.2) is 35.9 Å². The van der Waals surface area contributed by atoms with Crippen molar-refractivity contribution >= 4 is 5.97 Å². The lowest BCUT2D eigenvalue weighted by Gasteiger charge is -2.13. The van der Waals surface area contributed by atoms with Crippen LogP contribution in [0.4, 0.5) is 0 Å². The zero-order chi connectivity index (χ0) is 15.0. The number of aromatic carboxylic acids is 1. The van der Waals surface area contributed by atoms with E-state index in [1.807, 2.05) is 34.7 Å². The van der Waals surface area contributed by atoms with Crippen molar-refractivity contribution in [3.05, 3.63) is 17.1 Å². The molecule has 0 fully saturated rings. The van der Waals surface area contributed by atoms with E-state index in [0.717, 1.165) is 23.4 Å². The van der Waals surface area contributed by atoms with Crippen molar-refractivity contribution in [1.82, 2.24) is 24.8 Å². The Balaban J connectivity index is 2.76. The second-order valence-electron chi connectivity index (χ2n) is 4.96. The van der Waals surface area contributed by atoms with E-state index in [2.05, 4.69) is 15.4 Å². The van der Waals surface area contributed by atoms with Gasteiger partial charge in [0.2, 0.25) is 0 Å². The largest absolute Gasteiger partial charge is 0.476 e. The third-order valence-corrected chi connectivity index (χ3v) is 3.65. The van der Waals surface area contributed by atoms with E-state index in [1.54, 1.807) is 9.36 Å². The Hall–Kier alpha value is -2.18. The molecule has 108 valence electrons. The van der Waals surface area contributed by atoms with Crippen LogP contribution in [-0.2, 0) is 7.05 Å². The molecule has 1 unspecified atom stereocenters. The van der Waals surface area contributed by atoms with E-state index in [-0.39, 0.29) is 11.7 Å². The first-order valence-electron chi connectivity index (χ1n) is 6.57. The molecule has 0 aromatic carbocycles. The Morgan fingerprint density at radius 2 is 2.05 bits per heavy atom. The van der Waals surface area contributed by atoms with Gasteiger partial charge in [-0.25, -0.2) is 9.48 Å². The van der Waals surface area contributed by atoms with Crippen LogP contribution in [0, 0.1) is 13.8 Å². The molecular weight excluding hydrogens is 258 g/mol. The molecule has 0 spiro atoms. The van der Waals surface area contributed by atoms with Gasteiger partial charge < -0.3 is 5.11 Å². The quantitative estimate of drug-likeness (QED) is 0.923. The van der Waals surface area contributed by atoms with Gasteiger partial charge in [-0.3, -0.25) is 4.68 Å². The van der Waals surface area contributed by atoms with Crippen molar-refractivity contribution in [2.45, 2.75) is 40.2 Å². The molecule has 1 atom stereocenters. The molecule has 0 amide bonds. The van der Waals surface area contributed by atoms with Crippen LogP contribution in [0.2, 0.25) is 0 Å². The Bertz CT molecular complexity index is 656. The minimum atomic E-state index is -1.07. The van der Waals surface area contributed by atoms with E-state index in [0.29, 0.717) is 5.69 Å². The van der Waals surface area contributed by atoms with E-state index in [1.165, 1.54) is 0 Å². The summed E-state index contributed by atoms with van der Waals surface area (Å²) >= 11 is 0. The van der Waals surface area contributed by atoms with Crippen LogP contribution < -0.4 is 0 Å². The highest BCUT2D eigenvalue weighted by atomic mass is 16.4. The van der Waals surface area contributed by atoms with E-state index >= 15 is 0 Å². The highest BCUT2D eigenvalue weighted by molar-refractivity contribution is 5.93. The van der Waals surface area contributed by atoms with Gasteiger partial charge in [0.05, 0.1) is 11.7 Å². The average Bonchev–Trinajstić information content (AvgIpc) is 2.91. The smallest absolute Gasteiger partial charge is 0.358 e. The van der Waals surface area contributed by atoms with Crippen LogP contribution in [0.25, 0.3) is 11.3 Å². The molecule has 0 aliphatic heterocycles. The summed E-state index contributed by atoms with van der Waals surface area (Å²) in [7, 11) is 1.84. The fraction of sp³-hybridized carbons (Fsp3) is 0.538. The van der Waals surface area contributed by atoms with Gasteiger partial charge >= 0.3 is 5.97 Å². The lowest BCUT2D eigenvalue weighted by Crippen LogP contribution is -2.10. The summed E-state index contributed by atoms with van der Waals surface area (Å²) in [5, 5.41) is 21.5. The topological polar surface area (TPSA) is 85.8 Å². The maximum Gasteiger partial charge on any atom is 0.358 e. The number of nitrogens with zero attached hydrogens (tertiary/aromatic N) is 5. The normalized spacial score (nSPS) is 12.7. The van der Waals surface area contributed by atoms with Crippen LogP contribution in [0.3, 0.4) is 0 Å². The van der Waals surface area contributed by atoms with Crippen molar-refractivity contribution in [1.29, 1.82) is 0 Å². The van der Waals surface area contributed by atoms with E-state index < -0.39 is 5.97 Å². The highest BCUT2D eigenvalue weighted by Crippen LogP contribution is 2.31. The Morgan fingerprint density at radius 3 is 2.50 bits per heavy atom. The van der Waals surface area contributed by atoms with Gasteiger partial charge in [0.15, 0.2) is 5.69 Å². The molecule has 2 aromatic rings. The summed E-state index contributed by atoms with van der Waals surface area (Å²) < 4.78 is 3.42. The summed E-state index contributed by atoms with van der Waals surface area (Å²) in [6, 6.07) is 0.0737. The molecule has 20 heavy (non-hydrogen) atoms. The summed E-state index contributed by atoms with van der Waals surface area (Å²) in [4.78, 5) is 11.4. The van der Waals surface area contributed by atoms with Crippen LogP contribution in [0.5, 0.6) is 0 Å². The van der Waals surface area contributed by atoms with Crippen molar-refractivity contribution in [3.63, 3.8) is 0 Å². The number of aromatic nitrogens is 5. The molecule has 2 rings (SSSR count). The van der Waals surface area contributed by atoms with Crippen molar-refractivity contribution < 1.29 is 9.90 Å². The summed E-state index contributed by atoms with van der Waals surface area (Å²) in [6.45, 7) is 7.79. The number of hydrogen-bond acceptors (Lipinski definition) is 4. The van der Waals surface area contributed by atoms with Gasteiger partial charge in [0.25, 0.3) is 0 Å². The first kappa shape index (κ1) is 14.2. The molecule has 0 bridgehead atoms. The molecular formula is C13H19N5O2. The lowest BCUT2D eigenvalue weighted by molar-refractivity contribution is 0.0691. The third-order valence-electron chi connectivity index (χ3n) is 3.65. The van der Waals surface area contributed by atoms with Crippen molar-refractivity contribution in [2.75, 3.05) is 0 Å². The molecule has 0 aliphatic carbocycles. The molecule has 7 heteroatoms. The maximum atomic E-state index is 11.4. The number of carboxylic acid groups (broad SMARTS) is 1. The second-order valence-corrected chi connectivity index (χ2v) is 4.96. The predicted molar refractivity (Wildman–Crippen MR) is 73.7 cm³/mol. The molecule has 2 heterocycles. The Morgan fingerprint density at radius 1 is 1.40 bits per heavy atom. The molecule has 2 aromatic heterocycles. The minimum absolute atomic E-state index is 0.0236. The molecule has 0 saturated heterocycles. The minimum Gasteiger partial charge on any atom is -0.476 e. The van der Waals surface area contributed by atoms with Crippen LogP contribution in [0.1, 0.15) is 48.2 Å². The number of carboxylic acids is 1. The van der Waals surface area contributed by atoms with Gasteiger partial charge in [-0.1, -0.05) is 12.1 Å². The van der Waals surface area contributed by atoms with Crippen molar-refractivity contribution in [3.8, 4) is 11.3 Å². The average molecular weight is 277 g/mol. The highest BCUT2D eigenvalue weighted by Gasteiger charge is 2.27. The summed E-state index contributed by atoms with van der Waals surface area (Å²) in [5.74, 6) is -1.07. The monoisotopic (exact) mass is 277 g/mol. The summed E-state index contributed by atoms with van der Waals surface area (Å²) in [6.07, 6.45) is 0.841. The van der Waals surface area contributed by atoms with Crippen molar-refractivity contribution in [2.24, 2.45) is 7.05 Å². The molecule has 7 nitrogen and oxygen atoms in total. The first-order chi connectivity index (χ1) is 9.38. The first-order valence-corrected chi connectivity index (χ1v) is 6.57. The zero-order valence-corrected chi connectivity index (χ0v) is 12.4. The van der Waals surface area contributed by atoms with E-state index in [9.17, 15) is 9.90 Å². The lowest BCUT2D eigenvalue weighted by atomic mass is 10.1. The standard InChI is InChI=1S/C13H19N5O2/c1-6-7(2)18-12(11(13(19)20)14-16-18)10-8(3)15-17(5)9(10)4/h7H,6H2,1-5H3,(H,19,20). The maximum absolute atomic E-state index is 11.4. The fourth-order valence-electron chi connectivity index (χ4n) is 2.27. The van der Waals surface area contributed by atoms with Crippen LogP contribution in [0.15, 0.2) is 0 Å². The molecule has 0 saturated carbocycles. The fourth-order valence-corrected chi connectivity index (χ4v) is 2.27. The summed E-state index contributed by atoms with van der Waals surface area (Å²) in [5.41, 5.74) is 2.99. The second kappa shape index (κ2) is 5.07. The van der Waals surface area contributed by atoms with Gasteiger partial charge in [-0.2, -0.15) is 5.10 Å². The Labute approximate surface area is 117 Å². The van der Waals surface area contributed by atoms with Gasteiger partial charge in [0, 0.05) is 18.3 Å². The van der Waals surface area contributed by atoms with Gasteiger partial charge in [-0.05, 0) is 27.2 Å².